The molecule has 14 N–H and O–H groups in total. The van der Waals surface area contributed by atoms with Crippen molar-refractivity contribution in [2.24, 2.45) is 0 Å². The average molecular weight is 1490 g/mol. The van der Waals surface area contributed by atoms with Gasteiger partial charge < -0.3 is 83.7 Å². The molecule has 8 atom stereocenters. The summed E-state index contributed by atoms with van der Waals surface area (Å²) in [5.41, 5.74) is -7.85. The second-order valence-electron chi connectivity index (χ2n) is 30.8. The summed E-state index contributed by atoms with van der Waals surface area (Å²) in [4.78, 5) is 189. The zero-order chi connectivity index (χ0) is 79.0. The molecule has 104 heavy (non-hydrogen) atoms. The molecule has 0 saturated carbocycles. The zero-order valence-electron chi connectivity index (χ0n) is 64.4. The zero-order valence-corrected chi connectivity index (χ0v) is 66.0. The molecule has 1 aromatic heterocycles. The topological polar surface area (TPSA) is 422 Å². The molecule has 30 nitrogen and oxygen atoms in total. The highest BCUT2D eigenvalue weighted by Gasteiger charge is 2.42. The fourth-order valence-corrected chi connectivity index (χ4v) is 13.6. The van der Waals surface area contributed by atoms with Crippen LogP contribution in [0, 0.1) is 0 Å². The van der Waals surface area contributed by atoms with E-state index in [-0.39, 0.29) is 12.3 Å². The van der Waals surface area contributed by atoms with Crippen LogP contribution in [0.15, 0.2) is 42.5 Å². The first kappa shape index (κ1) is 87.7. The van der Waals surface area contributed by atoms with Crippen molar-refractivity contribution in [3.8, 4) is 0 Å². The Morgan fingerprint density at radius 1 is 0.442 bits per heavy atom. The van der Waals surface area contributed by atoms with E-state index in [1.165, 1.54) is 123 Å². The molecule has 1 fully saturated rings. The third kappa shape index (κ3) is 25.6. The normalized spacial score (nSPS) is 15.7. The monoisotopic (exact) mass is 1490 g/mol. The first-order chi connectivity index (χ1) is 47.8. The van der Waals surface area contributed by atoms with Gasteiger partial charge in [-0.15, -0.1) is 0 Å². The van der Waals surface area contributed by atoms with Crippen molar-refractivity contribution in [2.75, 3.05) is 12.3 Å². The molecule has 0 radical (unpaired) electrons. The van der Waals surface area contributed by atoms with Crippen molar-refractivity contribution in [1.82, 2.24) is 79.0 Å². The third-order valence-electron chi connectivity index (χ3n) is 17.3. The number of ether oxygens (including phenoxy) is 1. The fraction of sp³-hybridized carbons (Fsp3) is 0.639. The average Bonchev–Trinajstić information content (AvgIpc) is 1.61. The van der Waals surface area contributed by atoms with Crippen molar-refractivity contribution < 1.29 is 71.9 Å². The van der Waals surface area contributed by atoms with Crippen LogP contribution < -0.4 is 74.4 Å². The van der Waals surface area contributed by atoms with Crippen molar-refractivity contribution in [1.29, 1.82) is 0 Å². The van der Waals surface area contributed by atoms with Gasteiger partial charge in [0.25, 0.3) is 0 Å². The SMILES string of the molecule is CCn1c2ccccc2c2cc(C[C@H](NC(=O)OC(C)(C)C)C(=O)N[C@@H](C)C(=O)NC(C)(C)C(=O)N[C@@H](C)C(=O)NC(C)(C)C(=O)N[C@@H](C)C(=O)NC(C)(C)C(=O)N[C@@H](C)C(=O)NC(C)(C)C(=O)N[C@@H](C)C(=O)NC(C)(C)C(=O)N[C@@H](C)C(=O)NC(C)(C)C(=O)NCCCCCC3CCSS3)ccc21. The summed E-state index contributed by atoms with van der Waals surface area (Å²) in [7, 11) is 3.85. The van der Waals surface area contributed by atoms with Gasteiger partial charge in [0.15, 0.2) is 0 Å². The molecule has 2 heterocycles. The van der Waals surface area contributed by atoms with Gasteiger partial charge in [-0.05, 0) is 195 Å². The highest BCUT2D eigenvalue weighted by Crippen LogP contribution is 2.40. The van der Waals surface area contributed by atoms with Gasteiger partial charge in [0.1, 0.15) is 81.1 Å². The van der Waals surface area contributed by atoms with Gasteiger partial charge in [0.05, 0.1) is 0 Å². The van der Waals surface area contributed by atoms with Crippen LogP contribution in [-0.2, 0) is 80.0 Å². The summed E-state index contributed by atoms with van der Waals surface area (Å²) in [5, 5.41) is 38.8. The van der Waals surface area contributed by atoms with E-state index in [2.05, 4.69) is 79.0 Å². The lowest BCUT2D eigenvalue weighted by atomic mass is 10.0. The van der Waals surface area contributed by atoms with Crippen LogP contribution in [-0.4, -0.2) is 186 Å². The first-order valence-electron chi connectivity index (χ1n) is 35.2. The molecule has 4 rings (SSSR count). The first-order valence-corrected chi connectivity index (χ1v) is 37.6. The van der Waals surface area contributed by atoms with Crippen molar-refractivity contribution in [2.45, 2.75) is 284 Å². The van der Waals surface area contributed by atoms with Crippen LogP contribution in [0.2, 0.25) is 0 Å². The number of carbonyl (C=O) groups excluding carboxylic acids is 14. The molecule has 1 aliphatic rings. The molecule has 1 saturated heterocycles. The molecule has 0 spiro atoms. The van der Waals surface area contributed by atoms with Gasteiger partial charge in [-0.1, -0.05) is 58.7 Å². The molecule has 0 aliphatic carbocycles. The molecule has 1 unspecified atom stereocenters. The van der Waals surface area contributed by atoms with Gasteiger partial charge in [-0.3, -0.25) is 62.3 Å². The number of benzene rings is 2. The lowest BCUT2D eigenvalue weighted by Gasteiger charge is -2.32. The van der Waals surface area contributed by atoms with Gasteiger partial charge in [-0.2, -0.15) is 0 Å². The number of hydrogen-bond donors (Lipinski definition) is 14. The Kier molecular flexibility index (Phi) is 30.7. The number of nitrogens with zero attached hydrogens (tertiary/aromatic N) is 1. The summed E-state index contributed by atoms with van der Waals surface area (Å²) in [6.45, 7) is 33.1. The summed E-state index contributed by atoms with van der Waals surface area (Å²) < 4.78 is 7.66. The second kappa shape index (κ2) is 36.4. The summed E-state index contributed by atoms with van der Waals surface area (Å²) in [6, 6.07) is 4.98. The van der Waals surface area contributed by atoms with Crippen molar-refractivity contribution >= 4 is 126 Å². The number of unbranched alkanes of at least 4 members (excludes halogenated alkanes) is 2. The van der Waals surface area contributed by atoms with Crippen LogP contribution in [0.3, 0.4) is 0 Å². The van der Waals surface area contributed by atoms with E-state index in [0.29, 0.717) is 11.8 Å². The van der Waals surface area contributed by atoms with E-state index in [9.17, 15) is 67.1 Å². The van der Waals surface area contributed by atoms with Gasteiger partial charge in [0, 0.05) is 52.3 Å². The quantitative estimate of drug-likeness (QED) is 0.0296. The fourth-order valence-electron chi connectivity index (χ4n) is 10.6. The van der Waals surface area contributed by atoms with Crippen molar-refractivity contribution in [3.63, 3.8) is 0 Å². The predicted octanol–water partition coefficient (Wildman–Crippen LogP) is 3.48. The maximum absolute atomic E-state index is 14.0. The molecular formula is C72H113N15O15S2. The minimum absolute atomic E-state index is 0.0250. The van der Waals surface area contributed by atoms with E-state index in [1.54, 1.807) is 34.6 Å². The molecule has 0 bridgehead atoms. The number of fused-ring (bicyclic) bond motifs is 3. The number of rotatable bonds is 35. The highest BCUT2D eigenvalue weighted by molar-refractivity contribution is 8.77. The van der Waals surface area contributed by atoms with E-state index >= 15 is 0 Å². The van der Waals surface area contributed by atoms with Crippen LogP contribution in [0.4, 0.5) is 4.79 Å². The molecule has 1 aliphatic heterocycles. The third-order valence-corrected chi connectivity index (χ3v) is 20.3. The van der Waals surface area contributed by atoms with Crippen LogP contribution in [0.1, 0.15) is 190 Å². The summed E-state index contributed by atoms with van der Waals surface area (Å²) >= 11 is 0. The Balaban J connectivity index is 1.22. The number of para-hydroxylation sites is 1. The number of aromatic nitrogens is 1. The number of hydrogen-bond acceptors (Lipinski definition) is 17. The van der Waals surface area contributed by atoms with Crippen LogP contribution in [0.5, 0.6) is 0 Å². The standard InChI is InChI=1S/C72H113N15O15S2/c1-23-87-50-31-27-26-30-47(50)48-37-45(32-33-51(48)87)38-49(80-65(101)102-66(8,9)10)58(94)74-39(2)52(88)82-68(13,14)60(96)76-41(4)54(90)84-70(17,18)62(98)78-43(6)56(92)86-72(21,22)64(100)79-44(7)57(93)85-71(19,20)63(99)77-42(5)55(91)83-69(15,16)61(97)75-40(3)53(89)81-67(11,12)59(95)73-35-28-24-25-29-46-34-36-103-104-46/h26-27,30-33,37,39-44,46,49H,23-25,28-29,34-36,38H2,1-22H3,(H,73,95)(H,74,94)(H,75,97)(H,76,96)(H,77,99)(H,78,98)(H,79,100)(H,80,101)(H,81,89)(H,82,88)(H,83,91)(H,84,90)(H,85,93)(H,86,92)/t39-,40-,41-,42-,43-,44-,46?,49-/m0/s1. The number of carbonyl (C=O) groups is 14. The smallest absolute Gasteiger partial charge is 0.408 e. The van der Waals surface area contributed by atoms with Crippen LogP contribution >= 0.6 is 21.6 Å². The Morgan fingerprint density at radius 3 is 1.17 bits per heavy atom. The number of aryl methyl sites for hydroxylation is 1. The molecular weight excluding hydrogens is 1380 g/mol. The molecule has 32 heteroatoms. The van der Waals surface area contributed by atoms with Gasteiger partial charge >= 0.3 is 6.09 Å². The highest BCUT2D eigenvalue weighted by atomic mass is 33.1. The molecule has 3 aromatic rings. The van der Waals surface area contributed by atoms with Crippen LogP contribution in [0.25, 0.3) is 21.8 Å². The van der Waals surface area contributed by atoms with Gasteiger partial charge in [-0.25, -0.2) is 4.79 Å². The Morgan fingerprint density at radius 2 is 0.808 bits per heavy atom. The predicted molar refractivity (Wildman–Crippen MR) is 401 cm³/mol. The maximum Gasteiger partial charge on any atom is 0.408 e. The van der Waals surface area contributed by atoms with E-state index in [1.807, 2.05) is 71.0 Å². The van der Waals surface area contributed by atoms with Gasteiger partial charge in [0.2, 0.25) is 76.8 Å². The number of alkyl carbamates (subject to hydrolysis) is 1. The lowest BCUT2D eigenvalue weighted by Crippen LogP contribution is -2.65. The van der Waals surface area contributed by atoms with E-state index in [4.69, 9.17) is 4.74 Å². The Hall–Kier alpha value is -8.68. The van der Waals surface area contributed by atoms with Crippen molar-refractivity contribution in [3.05, 3.63) is 48.0 Å². The Labute approximate surface area is 618 Å². The lowest BCUT2D eigenvalue weighted by molar-refractivity contribution is -0.139. The minimum Gasteiger partial charge on any atom is -0.444 e. The summed E-state index contributed by atoms with van der Waals surface area (Å²) in [5.74, 6) is -8.71. The molecule has 2 aromatic carbocycles. The maximum atomic E-state index is 14.0. The van der Waals surface area contributed by atoms with E-state index < -0.39 is 158 Å². The number of amides is 14. The number of nitrogens with one attached hydrogen (secondary N) is 14. The van der Waals surface area contributed by atoms with E-state index in [0.717, 1.165) is 59.6 Å². The molecule has 14 amide bonds. The summed E-state index contributed by atoms with van der Waals surface area (Å²) in [6.07, 6.45) is 4.39. The largest absolute Gasteiger partial charge is 0.444 e. The minimum atomic E-state index is -1.72. The second-order valence-corrected chi connectivity index (χ2v) is 33.6. The molecule has 578 valence electrons. The Bertz CT molecular complexity index is 3690.